The van der Waals surface area contributed by atoms with E-state index >= 15 is 0 Å². The lowest BCUT2D eigenvalue weighted by Gasteiger charge is -2.28. The molecule has 2 aromatic carbocycles. The van der Waals surface area contributed by atoms with Crippen molar-refractivity contribution in [3.8, 4) is 5.69 Å². The Balaban J connectivity index is 1.68. The van der Waals surface area contributed by atoms with Crippen LogP contribution in [-0.2, 0) is 0 Å². The number of thiocarbonyl (C=S) groups is 1. The second-order valence-corrected chi connectivity index (χ2v) is 8.86. The van der Waals surface area contributed by atoms with Crippen LogP contribution in [0, 0.1) is 26.6 Å². The van der Waals surface area contributed by atoms with Crippen molar-refractivity contribution < 1.29 is 4.39 Å². The maximum absolute atomic E-state index is 13.7. The summed E-state index contributed by atoms with van der Waals surface area (Å²) in [6.45, 7) is 6.37. The molecule has 0 amide bonds. The summed E-state index contributed by atoms with van der Waals surface area (Å²) in [4.78, 5) is 6.71. The molecule has 4 aromatic rings. The van der Waals surface area contributed by atoms with Gasteiger partial charge in [0, 0.05) is 29.0 Å². The van der Waals surface area contributed by atoms with E-state index in [2.05, 4.69) is 70.9 Å². The van der Waals surface area contributed by atoms with Crippen LogP contribution in [0.25, 0.3) is 5.69 Å². The quantitative estimate of drug-likeness (QED) is 0.376. The molecule has 0 saturated carbocycles. The fourth-order valence-corrected chi connectivity index (χ4v) is 5.15. The molecule has 1 saturated heterocycles. The van der Waals surface area contributed by atoms with Gasteiger partial charge in [-0.1, -0.05) is 18.2 Å². The average molecular weight is 457 g/mol. The highest BCUT2D eigenvalue weighted by Crippen LogP contribution is 2.43. The van der Waals surface area contributed by atoms with Gasteiger partial charge >= 0.3 is 0 Å². The molecule has 1 N–H and O–H groups in total. The van der Waals surface area contributed by atoms with Gasteiger partial charge in [-0.2, -0.15) is 0 Å². The Hall–Kier alpha value is -3.51. The molecule has 3 heterocycles. The number of anilines is 1. The van der Waals surface area contributed by atoms with Gasteiger partial charge in [-0.05, 0) is 98.7 Å². The number of nitrogens with one attached hydrogen (secondary N) is 1. The van der Waals surface area contributed by atoms with E-state index in [0.29, 0.717) is 5.11 Å². The molecule has 6 heteroatoms. The van der Waals surface area contributed by atoms with Crippen LogP contribution in [0.2, 0.25) is 0 Å². The van der Waals surface area contributed by atoms with E-state index in [1.807, 2.05) is 18.2 Å². The lowest BCUT2D eigenvalue weighted by Crippen LogP contribution is -2.29. The van der Waals surface area contributed by atoms with Gasteiger partial charge in [-0.25, -0.2) is 4.39 Å². The second kappa shape index (κ2) is 8.45. The fourth-order valence-electron chi connectivity index (χ4n) is 4.80. The summed E-state index contributed by atoms with van der Waals surface area (Å²) in [6, 6.07) is 22.9. The second-order valence-electron chi connectivity index (χ2n) is 8.47. The van der Waals surface area contributed by atoms with Crippen LogP contribution in [0.4, 0.5) is 10.1 Å². The van der Waals surface area contributed by atoms with Crippen molar-refractivity contribution in [2.75, 3.05) is 4.90 Å². The van der Waals surface area contributed by atoms with Crippen LogP contribution in [0.3, 0.4) is 0 Å². The summed E-state index contributed by atoms with van der Waals surface area (Å²) in [5.74, 6) is -0.271. The molecular weight excluding hydrogens is 431 g/mol. The topological polar surface area (TPSA) is 33.1 Å². The van der Waals surface area contributed by atoms with E-state index in [1.165, 1.54) is 17.7 Å². The predicted octanol–water partition coefficient (Wildman–Crippen LogP) is 6.11. The number of pyridine rings is 1. The smallest absolute Gasteiger partial charge is 0.174 e. The van der Waals surface area contributed by atoms with Crippen molar-refractivity contribution >= 4 is 23.0 Å². The Kier molecular flexibility index (Phi) is 5.46. The van der Waals surface area contributed by atoms with Gasteiger partial charge in [0.25, 0.3) is 0 Å². The molecular formula is C27H25FN4S. The van der Waals surface area contributed by atoms with Crippen molar-refractivity contribution in [1.29, 1.82) is 0 Å². The molecule has 33 heavy (non-hydrogen) atoms. The van der Waals surface area contributed by atoms with Gasteiger partial charge in [0.1, 0.15) is 5.82 Å². The van der Waals surface area contributed by atoms with Gasteiger partial charge in [0.15, 0.2) is 5.11 Å². The summed E-state index contributed by atoms with van der Waals surface area (Å²) in [7, 11) is 0. The van der Waals surface area contributed by atoms with Crippen molar-refractivity contribution in [2.45, 2.75) is 32.9 Å². The van der Waals surface area contributed by atoms with E-state index in [4.69, 9.17) is 12.2 Å². The third-order valence-corrected chi connectivity index (χ3v) is 6.57. The molecule has 1 aliphatic heterocycles. The van der Waals surface area contributed by atoms with Gasteiger partial charge < -0.3 is 14.8 Å². The molecule has 2 aromatic heterocycles. The molecule has 4 nitrogen and oxygen atoms in total. The first-order chi connectivity index (χ1) is 15.9. The molecule has 0 radical (unpaired) electrons. The number of halogens is 1. The third-order valence-electron chi connectivity index (χ3n) is 6.25. The summed E-state index contributed by atoms with van der Waals surface area (Å²) in [5.41, 5.74) is 7.54. The third kappa shape index (κ3) is 3.80. The van der Waals surface area contributed by atoms with E-state index < -0.39 is 0 Å². The van der Waals surface area contributed by atoms with Crippen molar-refractivity contribution in [3.63, 3.8) is 0 Å². The van der Waals surface area contributed by atoms with Crippen LogP contribution in [0.15, 0.2) is 79.0 Å². The zero-order valence-corrected chi connectivity index (χ0v) is 19.6. The largest absolute Gasteiger partial charge is 0.351 e. The molecule has 2 atom stereocenters. The van der Waals surface area contributed by atoms with Gasteiger partial charge in [0.2, 0.25) is 0 Å². The van der Waals surface area contributed by atoms with Crippen LogP contribution in [0.5, 0.6) is 0 Å². The normalized spacial score (nSPS) is 17.9. The zero-order valence-electron chi connectivity index (χ0n) is 18.8. The first kappa shape index (κ1) is 21.3. The Labute approximate surface area is 198 Å². The first-order valence-corrected chi connectivity index (χ1v) is 11.4. The molecule has 0 bridgehead atoms. The minimum absolute atomic E-state index is 0.136. The predicted molar refractivity (Wildman–Crippen MR) is 134 cm³/mol. The maximum Gasteiger partial charge on any atom is 0.174 e. The summed E-state index contributed by atoms with van der Waals surface area (Å²) >= 11 is 5.79. The van der Waals surface area contributed by atoms with Crippen LogP contribution >= 0.6 is 12.2 Å². The number of nitrogens with zero attached hydrogens (tertiary/aromatic N) is 3. The molecule has 166 valence electrons. The Morgan fingerprint density at radius 1 is 0.909 bits per heavy atom. The summed E-state index contributed by atoms with van der Waals surface area (Å²) in [6.07, 6.45) is 1.80. The zero-order chi connectivity index (χ0) is 23.1. The number of hydrogen-bond acceptors (Lipinski definition) is 2. The van der Waals surface area contributed by atoms with Crippen molar-refractivity contribution in [2.24, 2.45) is 0 Å². The summed E-state index contributed by atoms with van der Waals surface area (Å²) < 4.78 is 16.0. The number of hydrogen-bond donors (Lipinski definition) is 1. The van der Waals surface area contributed by atoms with Crippen LogP contribution < -0.4 is 10.2 Å². The maximum atomic E-state index is 13.7. The van der Waals surface area contributed by atoms with E-state index in [0.717, 1.165) is 34.0 Å². The Morgan fingerprint density at radius 2 is 1.70 bits per heavy atom. The number of aromatic nitrogens is 2. The van der Waals surface area contributed by atoms with Crippen LogP contribution in [-0.4, -0.2) is 14.7 Å². The molecule has 0 spiro atoms. The highest BCUT2D eigenvalue weighted by molar-refractivity contribution is 7.80. The van der Waals surface area contributed by atoms with Gasteiger partial charge in [-0.3, -0.25) is 4.98 Å². The number of rotatable bonds is 4. The number of benzene rings is 2. The molecule has 1 fully saturated rings. The molecule has 1 aliphatic rings. The lowest BCUT2D eigenvalue weighted by molar-refractivity contribution is 0.565. The fraction of sp³-hybridized carbons (Fsp3) is 0.185. The van der Waals surface area contributed by atoms with Crippen molar-refractivity contribution in [1.82, 2.24) is 14.9 Å². The monoisotopic (exact) mass is 456 g/mol. The van der Waals surface area contributed by atoms with Gasteiger partial charge in [-0.15, -0.1) is 0 Å². The Bertz CT molecular complexity index is 1310. The summed E-state index contributed by atoms with van der Waals surface area (Å²) in [5, 5.41) is 4.08. The standard InChI is InChI=1S/C27H25FN4S/c1-17-7-6-8-22(15-17)31-18(2)16-23(19(31)3)26-25(24-9-4-5-14-29-24)30-27(33)32(26)21-12-10-20(28)11-13-21/h4-16,25-26H,1-3H3,(H,30,33)/t25-,26-/m0/s1. The van der Waals surface area contributed by atoms with E-state index in [-0.39, 0.29) is 17.9 Å². The minimum atomic E-state index is -0.271. The SMILES string of the molecule is Cc1cccc(-n2c(C)cc([C@H]3[C@H](c4ccccn4)NC(=S)N3c3ccc(F)cc3)c2C)c1. The molecule has 0 aliphatic carbocycles. The minimum Gasteiger partial charge on any atom is -0.351 e. The van der Waals surface area contributed by atoms with E-state index in [9.17, 15) is 4.39 Å². The molecule has 5 rings (SSSR count). The highest BCUT2D eigenvalue weighted by atomic mass is 32.1. The average Bonchev–Trinajstić information content (AvgIpc) is 3.30. The van der Waals surface area contributed by atoms with E-state index in [1.54, 1.807) is 18.3 Å². The lowest BCUT2D eigenvalue weighted by atomic mass is 9.96. The highest BCUT2D eigenvalue weighted by Gasteiger charge is 2.42. The van der Waals surface area contributed by atoms with Crippen LogP contribution in [0.1, 0.15) is 40.3 Å². The molecule has 0 unspecified atom stereocenters. The van der Waals surface area contributed by atoms with Gasteiger partial charge in [0.05, 0.1) is 17.8 Å². The Morgan fingerprint density at radius 3 is 2.39 bits per heavy atom. The number of aryl methyl sites for hydroxylation is 2. The van der Waals surface area contributed by atoms with Crippen molar-refractivity contribution in [3.05, 3.63) is 113 Å². The first-order valence-electron chi connectivity index (χ1n) is 11.0.